The Morgan fingerprint density at radius 3 is 2.50 bits per heavy atom. The average molecular weight is 216 g/mol. The fourth-order valence-electron chi connectivity index (χ4n) is 0.752. The maximum Gasteiger partial charge on any atom is 0.250 e. The summed E-state index contributed by atoms with van der Waals surface area (Å²) < 4.78 is 26.9. The molecule has 76 valence electrons. The van der Waals surface area contributed by atoms with E-state index in [2.05, 4.69) is 9.97 Å². The van der Waals surface area contributed by atoms with E-state index in [9.17, 15) is 13.2 Å². The smallest absolute Gasteiger partial charge is 0.250 e. The monoisotopic (exact) mass is 216 g/mol. The molecular weight excluding hydrogens is 208 g/mol. The van der Waals surface area contributed by atoms with E-state index in [1.54, 1.807) is 0 Å². The molecule has 0 unspecified atom stereocenters. The summed E-state index contributed by atoms with van der Waals surface area (Å²) in [6.45, 7) is 0. The fraction of sp³-hybridized carbons (Fsp3) is 0.286. The number of aldehydes is 1. The number of aromatic nitrogens is 2. The van der Waals surface area contributed by atoms with Crippen LogP contribution in [-0.2, 0) is 9.84 Å². The van der Waals surface area contributed by atoms with E-state index in [4.69, 9.17) is 4.74 Å². The van der Waals surface area contributed by atoms with Gasteiger partial charge in [0.2, 0.25) is 15.7 Å². The molecule has 0 saturated heterocycles. The topological polar surface area (TPSA) is 86.2 Å². The van der Waals surface area contributed by atoms with Gasteiger partial charge < -0.3 is 4.74 Å². The molecule has 0 aliphatic heterocycles. The van der Waals surface area contributed by atoms with Gasteiger partial charge >= 0.3 is 0 Å². The molecule has 1 rings (SSSR count). The molecule has 6 nitrogen and oxygen atoms in total. The summed E-state index contributed by atoms with van der Waals surface area (Å²) in [5, 5.41) is -0.418. The van der Waals surface area contributed by atoms with E-state index in [-0.39, 0.29) is 11.6 Å². The van der Waals surface area contributed by atoms with E-state index in [1.165, 1.54) is 13.2 Å². The lowest BCUT2D eigenvalue weighted by Crippen LogP contribution is -2.07. The lowest BCUT2D eigenvalue weighted by atomic mass is 10.4. The van der Waals surface area contributed by atoms with Gasteiger partial charge in [-0.05, 0) is 0 Å². The first kappa shape index (κ1) is 10.6. The number of ether oxygens (including phenoxy) is 1. The van der Waals surface area contributed by atoms with E-state index in [0.717, 1.165) is 6.26 Å². The van der Waals surface area contributed by atoms with Crippen LogP contribution in [0.3, 0.4) is 0 Å². The Kier molecular flexibility index (Phi) is 2.80. The zero-order chi connectivity index (χ0) is 10.8. The molecule has 0 amide bonds. The zero-order valence-electron chi connectivity index (χ0n) is 7.59. The summed E-state index contributed by atoms with van der Waals surface area (Å²) in [5.41, 5.74) is -0.0303. The van der Waals surface area contributed by atoms with Crippen LogP contribution in [0.4, 0.5) is 0 Å². The van der Waals surface area contributed by atoms with Gasteiger partial charge in [-0.25, -0.2) is 13.4 Å². The van der Waals surface area contributed by atoms with Crippen molar-refractivity contribution in [1.82, 2.24) is 9.97 Å². The summed E-state index contributed by atoms with van der Waals surface area (Å²) in [4.78, 5) is 17.5. The van der Waals surface area contributed by atoms with E-state index >= 15 is 0 Å². The Balaban J connectivity index is 3.39. The Hall–Kier alpha value is -1.50. The van der Waals surface area contributed by atoms with Crippen LogP contribution in [0.5, 0.6) is 5.88 Å². The van der Waals surface area contributed by atoms with Crippen molar-refractivity contribution in [1.29, 1.82) is 0 Å². The summed E-state index contributed by atoms with van der Waals surface area (Å²) in [6, 6.07) is 1.25. The van der Waals surface area contributed by atoms with Gasteiger partial charge in [0, 0.05) is 12.3 Å². The molecular formula is C7H8N2O4S. The maximum absolute atomic E-state index is 11.1. The number of sulfone groups is 1. The number of rotatable bonds is 3. The highest BCUT2D eigenvalue weighted by Gasteiger charge is 2.14. The van der Waals surface area contributed by atoms with Gasteiger partial charge in [-0.3, -0.25) is 4.79 Å². The predicted octanol–water partition coefficient (Wildman–Crippen LogP) is -0.299. The van der Waals surface area contributed by atoms with Gasteiger partial charge in [-0.15, -0.1) is 0 Å². The lowest BCUT2D eigenvalue weighted by Gasteiger charge is -2.01. The first-order chi connectivity index (χ1) is 6.47. The quantitative estimate of drug-likeness (QED) is 0.509. The molecule has 0 bridgehead atoms. The maximum atomic E-state index is 11.1. The molecule has 0 saturated carbocycles. The van der Waals surface area contributed by atoms with Gasteiger partial charge in [0.25, 0.3) is 5.16 Å². The van der Waals surface area contributed by atoms with Crippen molar-refractivity contribution in [3.8, 4) is 5.88 Å². The predicted molar refractivity (Wildman–Crippen MR) is 47.1 cm³/mol. The number of carbonyl (C=O) groups is 1. The summed E-state index contributed by atoms with van der Waals surface area (Å²) in [5.74, 6) is 0.0440. The highest BCUT2D eigenvalue weighted by atomic mass is 32.2. The van der Waals surface area contributed by atoms with Gasteiger partial charge in [0.05, 0.1) is 7.11 Å². The molecule has 0 aliphatic rings. The Morgan fingerprint density at radius 2 is 2.07 bits per heavy atom. The Labute approximate surface area is 80.9 Å². The van der Waals surface area contributed by atoms with Crippen molar-refractivity contribution in [3.63, 3.8) is 0 Å². The Morgan fingerprint density at radius 1 is 1.43 bits per heavy atom. The second-order valence-electron chi connectivity index (χ2n) is 2.51. The van der Waals surface area contributed by atoms with Crippen LogP contribution in [0.2, 0.25) is 0 Å². The fourth-order valence-corrected chi connectivity index (χ4v) is 1.28. The van der Waals surface area contributed by atoms with Crippen molar-refractivity contribution in [2.45, 2.75) is 5.16 Å². The minimum atomic E-state index is -3.53. The van der Waals surface area contributed by atoms with Gasteiger partial charge in [0.1, 0.15) is 5.69 Å². The highest BCUT2D eigenvalue weighted by Crippen LogP contribution is 2.10. The summed E-state index contributed by atoms with van der Waals surface area (Å²) >= 11 is 0. The molecule has 1 aromatic heterocycles. The van der Waals surface area contributed by atoms with Crippen molar-refractivity contribution in [2.75, 3.05) is 13.4 Å². The standard InChI is InChI=1S/C7H8N2O4S/c1-13-6-3-5(4-10)8-7(9-6)14(2,11)12/h3-4H,1-2H3. The van der Waals surface area contributed by atoms with E-state index < -0.39 is 15.0 Å². The molecule has 0 atom stereocenters. The van der Waals surface area contributed by atoms with Crippen molar-refractivity contribution in [2.24, 2.45) is 0 Å². The third-order valence-corrected chi connectivity index (χ3v) is 2.21. The molecule has 1 aromatic rings. The molecule has 0 aliphatic carbocycles. The minimum Gasteiger partial charge on any atom is -0.481 e. The molecule has 0 spiro atoms. The second kappa shape index (κ2) is 3.70. The number of hydrogen-bond acceptors (Lipinski definition) is 6. The van der Waals surface area contributed by atoms with Crippen molar-refractivity contribution >= 4 is 16.1 Å². The molecule has 0 aromatic carbocycles. The second-order valence-corrected chi connectivity index (χ2v) is 4.42. The molecule has 0 fully saturated rings. The van der Waals surface area contributed by atoms with Crippen molar-refractivity contribution < 1.29 is 17.9 Å². The van der Waals surface area contributed by atoms with Crippen LogP contribution in [0.1, 0.15) is 10.5 Å². The molecule has 0 radical (unpaired) electrons. The molecule has 1 heterocycles. The number of carbonyl (C=O) groups excluding carboxylic acids is 1. The van der Waals surface area contributed by atoms with Crippen LogP contribution in [0.25, 0.3) is 0 Å². The van der Waals surface area contributed by atoms with Crippen molar-refractivity contribution in [3.05, 3.63) is 11.8 Å². The SMILES string of the molecule is COc1cc(C=O)nc(S(C)(=O)=O)n1. The normalized spacial score (nSPS) is 11.0. The van der Waals surface area contributed by atoms with E-state index in [0.29, 0.717) is 6.29 Å². The van der Waals surface area contributed by atoms with Crippen LogP contribution < -0.4 is 4.74 Å². The lowest BCUT2D eigenvalue weighted by molar-refractivity contribution is 0.111. The average Bonchev–Trinajstić information content (AvgIpc) is 2.15. The minimum absolute atomic E-state index is 0.0303. The third kappa shape index (κ3) is 2.25. The largest absolute Gasteiger partial charge is 0.481 e. The van der Waals surface area contributed by atoms with Crippen LogP contribution in [-0.4, -0.2) is 38.0 Å². The number of methoxy groups -OCH3 is 1. The van der Waals surface area contributed by atoms with Gasteiger partial charge in [-0.1, -0.05) is 0 Å². The van der Waals surface area contributed by atoms with Crippen LogP contribution in [0, 0.1) is 0 Å². The van der Waals surface area contributed by atoms with E-state index in [1.807, 2.05) is 0 Å². The molecule has 0 N–H and O–H groups in total. The molecule has 7 heteroatoms. The first-order valence-corrected chi connectivity index (χ1v) is 5.45. The third-order valence-electron chi connectivity index (χ3n) is 1.36. The van der Waals surface area contributed by atoms with Crippen LogP contribution in [0.15, 0.2) is 11.2 Å². The summed E-state index contributed by atoms with van der Waals surface area (Å²) in [7, 11) is -2.21. The van der Waals surface area contributed by atoms with Gasteiger partial charge in [0.15, 0.2) is 6.29 Å². The van der Waals surface area contributed by atoms with Crippen LogP contribution >= 0.6 is 0 Å². The number of hydrogen-bond donors (Lipinski definition) is 0. The zero-order valence-corrected chi connectivity index (χ0v) is 8.41. The first-order valence-electron chi connectivity index (χ1n) is 3.55. The van der Waals surface area contributed by atoms with Gasteiger partial charge in [-0.2, -0.15) is 4.98 Å². The highest BCUT2D eigenvalue weighted by molar-refractivity contribution is 7.90. The molecule has 14 heavy (non-hydrogen) atoms. The summed E-state index contributed by atoms with van der Waals surface area (Å²) in [6.07, 6.45) is 1.38. The Bertz CT molecular complexity index is 455. The number of nitrogens with zero attached hydrogens (tertiary/aromatic N) is 2.